The standard InChI is InChI=1S/C28H25N7O2.2C2HF3O2/c29-28-31-9-7-22(35-28)19-4-5-23-24(13-19)34-27(33-23)21-12-20-10-17(3-6-25(20)37-16-21)11-26(36)32-15-18-2-1-8-30-14-18;2*3-2(4,5)1(6)7/h1-10,13-14,21H,11-12,15-16H2,(H,32,36)(H,33,34)(H2,29,31,35);2*(H,6,7). The van der Waals surface area contributed by atoms with Gasteiger partial charge in [-0.25, -0.2) is 24.5 Å². The van der Waals surface area contributed by atoms with Crippen molar-refractivity contribution in [3.63, 3.8) is 0 Å². The smallest absolute Gasteiger partial charge is 0.490 e. The highest BCUT2D eigenvalue weighted by atomic mass is 19.4. The Morgan fingerprint density at radius 1 is 0.922 bits per heavy atom. The Balaban J connectivity index is 0.000000353. The Morgan fingerprint density at radius 2 is 1.63 bits per heavy atom. The Labute approximate surface area is 283 Å². The molecular weight excluding hydrogens is 692 g/mol. The molecule has 1 unspecified atom stereocenters. The van der Waals surface area contributed by atoms with Crippen molar-refractivity contribution in [1.29, 1.82) is 0 Å². The summed E-state index contributed by atoms with van der Waals surface area (Å²) in [5.41, 5.74) is 12.2. The van der Waals surface area contributed by atoms with E-state index in [1.807, 2.05) is 48.5 Å². The first-order chi connectivity index (χ1) is 24.0. The van der Waals surface area contributed by atoms with Crippen LogP contribution in [0.3, 0.4) is 0 Å². The van der Waals surface area contributed by atoms with E-state index in [0.717, 1.165) is 57.0 Å². The zero-order valence-corrected chi connectivity index (χ0v) is 26.0. The number of carbonyl (C=O) groups is 3. The first-order valence-corrected chi connectivity index (χ1v) is 14.6. The molecule has 0 saturated carbocycles. The maximum absolute atomic E-state index is 12.5. The molecule has 0 spiro atoms. The van der Waals surface area contributed by atoms with E-state index in [4.69, 9.17) is 35.3 Å². The van der Waals surface area contributed by atoms with Crippen molar-refractivity contribution < 1.29 is 55.7 Å². The fraction of sp³-hybridized carbons (Fsp3) is 0.219. The lowest BCUT2D eigenvalue weighted by Gasteiger charge is -2.24. The maximum Gasteiger partial charge on any atom is 0.490 e. The van der Waals surface area contributed by atoms with E-state index < -0.39 is 24.3 Å². The lowest BCUT2D eigenvalue weighted by Crippen LogP contribution is -2.25. The van der Waals surface area contributed by atoms with E-state index in [1.54, 1.807) is 18.6 Å². The zero-order chi connectivity index (χ0) is 37.3. The van der Waals surface area contributed by atoms with Gasteiger partial charge in [0.1, 0.15) is 11.6 Å². The van der Waals surface area contributed by atoms with Crippen LogP contribution in [-0.4, -0.2) is 71.9 Å². The topological polar surface area (TPSA) is 206 Å². The van der Waals surface area contributed by atoms with Crippen molar-refractivity contribution >= 4 is 34.8 Å². The quantitative estimate of drug-likeness (QED) is 0.150. The molecule has 1 amide bonds. The summed E-state index contributed by atoms with van der Waals surface area (Å²) in [6.07, 6.45) is -3.97. The largest absolute Gasteiger partial charge is 0.493 e. The van der Waals surface area contributed by atoms with Gasteiger partial charge in [0, 0.05) is 30.7 Å². The van der Waals surface area contributed by atoms with Crippen LogP contribution in [0.15, 0.2) is 73.2 Å². The summed E-state index contributed by atoms with van der Waals surface area (Å²) < 4.78 is 69.5. The van der Waals surface area contributed by atoms with E-state index in [0.29, 0.717) is 19.6 Å². The third kappa shape index (κ3) is 10.9. The summed E-state index contributed by atoms with van der Waals surface area (Å²) in [5.74, 6) is -3.50. The van der Waals surface area contributed by atoms with Gasteiger partial charge in [-0.05, 0) is 53.4 Å². The number of aromatic amines is 1. The number of nitrogens with zero attached hydrogens (tertiary/aromatic N) is 4. The average Bonchev–Trinajstić information content (AvgIpc) is 3.51. The molecule has 4 heterocycles. The Bertz CT molecular complexity index is 1980. The Morgan fingerprint density at radius 3 is 2.25 bits per heavy atom. The van der Waals surface area contributed by atoms with Crippen molar-refractivity contribution in [1.82, 2.24) is 30.2 Å². The summed E-state index contributed by atoms with van der Waals surface area (Å²) in [4.78, 5) is 50.9. The number of carboxylic acids is 2. The number of carbonyl (C=O) groups excluding carboxylic acids is 1. The number of anilines is 1. The number of aromatic nitrogens is 5. The average molecular weight is 720 g/mol. The van der Waals surface area contributed by atoms with E-state index in [2.05, 4.69) is 31.3 Å². The van der Waals surface area contributed by atoms with Gasteiger partial charge in [-0.15, -0.1) is 0 Å². The third-order valence-corrected chi connectivity index (χ3v) is 6.95. The van der Waals surface area contributed by atoms with Gasteiger partial charge in [-0.1, -0.05) is 24.3 Å². The number of rotatable bonds is 6. The van der Waals surface area contributed by atoms with Crippen molar-refractivity contribution in [3.8, 4) is 17.0 Å². The summed E-state index contributed by atoms with van der Waals surface area (Å²) in [7, 11) is 0. The summed E-state index contributed by atoms with van der Waals surface area (Å²) in [6.45, 7) is 0.994. The molecule has 6 N–H and O–H groups in total. The number of H-pyrrole nitrogens is 1. The monoisotopic (exact) mass is 719 g/mol. The number of hydrogen-bond acceptors (Lipinski definition) is 9. The molecule has 51 heavy (non-hydrogen) atoms. The molecule has 19 heteroatoms. The number of nitrogens with two attached hydrogens (primary N) is 1. The second-order valence-electron chi connectivity index (χ2n) is 10.7. The number of carboxylic acid groups (broad SMARTS) is 2. The molecule has 1 aliphatic heterocycles. The number of benzene rings is 2. The Kier molecular flexibility index (Phi) is 11.8. The number of ether oxygens (including phenoxy) is 1. The van der Waals surface area contributed by atoms with Gasteiger partial charge >= 0.3 is 24.3 Å². The molecule has 6 rings (SSSR count). The minimum absolute atomic E-state index is 0.0318. The summed E-state index contributed by atoms with van der Waals surface area (Å²) in [5, 5.41) is 17.2. The van der Waals surface area contributed by atoms with Crippen LogP contribution in [0.5, 0.6) is 5.75 Å². The molecule has 0 saturated heterocycles. The number of pyridine rings is 1. The molecular formula is C32H27F6N7O6. The number of hydrogen-bond donors (Lipinski definition) is 5. The predicted octanol–water partition coefficient (Wildman–Crippen LogP) is 4.84. The lowest BCUT2D eigenvalue weighted by molar-refractivity contribution is -0.193. The zero-order valence-electron chi connectivity index (χ0n) is 26.0. The number of halogens is 6. The first kappa shape index (κ1) is 37.5. The molecule has 2 aromatic carbocycles. The molecule has 1 atom stereocenters. The number of amides is 1. The van der Waals surface area contributed by atoms with Gasteiger partial charge in [0.2, 0.25) is 11.9 Å². The highest BCUT2D eigenvalue weighted by Crippen LogP contribution is 2.33. The third-order valence-electron chi connectivity index (χ3n) is 6.95. The molecule has 0 aliphatic carbocycles. The van der Waals surface area contributed by atoms with Gasteiger partial charge in [0.15, 0.2) is 0 Å². The van der Waals surface area contributed by atoms with E-state index in [9.17, 15) is 31.1 Å². The van der Waals surface area contributed by atoms with Gasteiger partial charge in [-0.3, -0.25) is 9.78 Å². The van der Waals surface area contributed by atoms with E-state index in [-0.39, 0.29) is 17.8 Å². The van der Waals surface area contributed by atoms with Crippen LogP contribution < -0.4 is 15.8 Å². The number of nitrogens with one attached hydrogen (secondary N) is 2. The minimum Gasteiger partial charge on any atom is -0.493 e. The number of alkyl halides is 6. The fourth-order valence-electron chi connectivity index (χ4n) is 4.60. The summed E-state index contributed by atoms with van der Waals surface area (Å²) >= 11 is 0. The number of nitrogen functional groups attached to an aromatic ring is 1. The molecule has 3 aromatic heterocycles. The molecule has 1 aliphatic rings. The van der Waals surface area contributed by atoms with Crippen LogP contribution in [0.4, 0.5) is 32.3 Å². The molecule has 0 bridgehead atoms. The molecule has 0 radical (unpaired) electrons. The highest BCUT2D eigenvalue weighted by molar-refractivity contribution is 5.81. The van der Waals surface area contributed by atoms with Crippen LogP contribution in [-0.2, 0) is 33.8 Å². The van der Waals surface area contributed by atoms with Gasteiger partial charge < -0.3 is 31.0 Å². The minimum atomic E-state index is -5.08. The number of imidazole rings is 1. The lowest BCUT2D eigenvalue weighted by atomic mass is 9.94. The van der Waals surface area contributed by atoms with Gasteiger partial charge in [0.25, 0.3) is 0 Å². The van der Waals surface area contributed by atoms with Gasteiger partial charge in [0.05, 0.1) is 35.7 Å². The SMILES string of the molecule is Nc1nccc(-c2ccc3nc(C4COc5ccc(CC(=O)NCc6cccnc6)cc5C4)[nH]c3c2)n1.O=C(O)C(F)(F)F.O=C(O)C(F)(F)F. The second kappa shape index (κ2) is 16.0. The van der Waals surface area contributed by atoms with Crippen LogP contribution in [0.1, 0.15) is 28.4 Å². The van der Waals surface area contributed by atoms with Crippen molar-refractivity contribution in [3.05, 3.63) is 95.7 Å². The van der Waals surface area contributed by atoms with Crippen molar-refractivity contribution in [2.75, 3.05) is 12.3 Å². The van der Waals surface area contributed by atoms with Crippen molar-refractivity contribution in [2.24, 2.45) is 0 Å². The van der Waals surface area contributed by atoms with E-state index in [1.165, 1.54) is 0 Å². The molecule has 268 valence electrons. The maximum atomic E-state index is 12.5. The molecule has 5 aromatic rings. The molecule has 0 fully saturated rings. The van der Waals surface area contributed by atoms with Crippen LogP contribution in [0, 0.1) is 0 Å². The fourth-order valence-corrected chi connectivity index (χ4v) is 4.60. The van der Waals surface area contributed by atoms with Crippen LogP contribution in [0.25, 0.3) is 22.3 Å². The highest BCUT2D eigenvalue weighted by Gasteiger charge is 2.39. The Hall–Kier alpha value is -6.27. The predicted molar refractivity (Wildman–Crippen MR) is 167 cm³/mol. The van der Waals surface area contributed by atoms with Crippen molar-refractivity contribution in [2.45, 2.75) is 37.7 Å². The summed E-state index contributed by atoms with van der Waals surface area (Å²) in [6, 6.07) is 17.6. The first-order valence-electron chi connectivity index (χ1n) is 14.6. The van der Waals surface area contributed by atoms with Gasteiger partial charge in [-0.2, -0.15) is 26.3 Å². The molecule has 13 nitrogen and oxygen atoms in total. The normalized spacial score (nSPS) is 13.7. The van der Waals surface area contributed by atoms with Crippen LogP contribution in [0.2, 0.25) is 0 Å². The van der Waals surface area contributed by atoms with E-state index >= 15 is 0 Å². The second-order valence-corrected chi connectivity index (χ2v) is 10.7. The van der Waals surface area contributed by atoms with Crippen LogP contribution >= 0.6 is 0 Å². The number of aliphatic carboxylic acids is 2. The number of fused-ring (bicyclic) bond motifs is 2.